The number of rotatable bonds is 13. The van der Waals surface area contributed by atoms with Gasteiger partial charge in [-0.05, 0) is 71.4 Å². The van der Waals surface area contributed by atoms with Crippen LogP contribution in [0, 0.1) is 0 Å². The fourth-order valence-corrected chi connectivity index (χ4v) is 15.1. The zero-order valence-corrected chi connectivity index (χ0v) is 48.5. The van der Waals surface area contributed by atoms with Crippen molar-refractivity contribution in [3.05, 3.63) is 139 Å². The van der Waals surface area contributed by atoms with Crippen LogP contribution in [0.4, 0.5) is 26.1 Å². The van der Waals surface area contributed by atoms with Crippen LogP contribution in [0.25, 0.3) is 44.8 Å². The Hall–Kier alpha value is -8.05. The van der Waals surface area contributed by atoms with E-state index in [4.69, 9.17) is 56.1 Å². The monoisotopic (exact) mass is 1240 g/mol. The van der Waals surface area contributed by atoms with Gasteiger partial charge in [0.1, 0.15) is 71.9 Å². The Labute approximate surface area is 498 Å². The first kappa shape index (κ1) is 58.0. The van der Waals surface area contributed by atoms with Gasteiger partial charge in [-0.15, -0.1) is 5.10 Å². The van der Waals surface area contributed by atoms with Gasteiger partial charge >= 0.3 is 12.8 Å². The number of benzene rings is 4. The van der Waals surface area contributed by atoms with Crippen molar-refractivity contribution in [2.45, 2.75) is 87.8 Å². The molecule has 5 aromatic heterocycles. The molecule has 87 heavy (non-hydrogen) atoms. The van der Waals surface area contributed by atoms with Gasteiger partial charge in [0.2, 0.25) is 5.91 Å². The van der Waals surface area contributed by atoms with Gasteiger partial charge in [-0.2, -0.15) is 0 Å². The van der Waals surface area contributed by atoms with E-state index in [9.17, 15) is 14.2 Å². The highest BCUT2D eigenvalue weighted by Crippen LogP contribution is 2.65. The largest absolute Gasteiger partial charge is 0.492 e. The van der Waals surface area contributed by atoms with Gasteiger partial charge in [-0.25, -0.2) is 52.7 Å². The number of halogens is 2. The van der Waals surface area contributed by atoms with Crippen LogP contribution in [-0.2, 0) is 60.3 Å². The second-order valence-corrected chi connectivity index (χ2v) is 26.1. The molecule has 0 saturated carbocycles. The molecule has 447 valence electrons. The third kappa shape index (κ3) is 11.5. The summed E-state index contributed by atoms with van der Waals surface area (Å²) in [5, 5.41) is 9.18. The second kappa shape index (κ2) is 23.9. The van der Waals surface area contributed by atoms with Crippen molar-refractivity contribution in [2.75, 3.05) is 36.2 Å². The van der Waals surface area contributed by atoms with Gasteiger partial charge in [0, 0.05) is 23.3 Å². The van der Waals surface area contributed by atoms with Gasteiger partial charge in [0.05, 0.1) is 63.4 Å². The molecule has 4 aromatic carbocycles. The number of carbonyl (C=O) groups is 2. The number of anilines is 3. The minimum absolute atomic E-state index is 0.00845. The molecular weight excluding hydrogens is 1190 g/mol. The van der Waals surface area contributed by atoms with E-state index in [-0.39, 0.29) is 63.5 Å². The third-order valence-electron chi connectivity index (χ3n) is 14.9. The summed E-state index contributed by atoms with van der Waals surface area (Å²) in [5.74, 6) is -0.0542. The van der Waals surface area contributed by atoms with Crippen molar-refractivity contribution in [1.29, 1.82) is 0 Å². The van der Waals surface area contributed by atoms with Crippen molar-refractivity contribution < 1.29 is 64.5 Å². The minimum atomic E-state index is -4.73. The maximum atomic E-state index is 17.0. The Bertz CT molecular complexity index is 4170. The Morgan fingerprint density at radius 1 is 0.747 bits per heavy atom. The summed E-state index contributed by atoms with van der Waals surface area (Å²) in [6, 6.07) is 28.3. The van der Waals surface area contributed by atoms with Gasteiger partial charge in [-0.1, -0.05) is 66.7 Å². The lowest BCUT2D eigenvalue weighted by atomic mass is 9.95. The Balaban J connectivity index is 0.687. The average Bonchev–Trinajstić information content (AvgIpc) is 1.88. The topological polar surface area (TPSA) is 315 Å². The van der Waals surface area contributed by atoms with E-state index in [1.807, 2.05) is 60.4 Å². The molecule has 9 heterocycles. The fourth-order valence-electron chi connectivity index (χ4n) is 10.7. The average molecular weight is 1240 g/mol. The van der Waals surface area contributed by atoms with E-state index in [0.717, 1.165) is 40.7 Å². The summed E-state index contributed by atoms with van der Waals surface area (Å²) in [4.78, 5) is 53.4. The molecule has 3 saturated heterocycles. The number of nitrogen functional groups attached to an aromatic ring is 2. The molecule has 32 heteroatoms. The van der Waals surface area contributed by atoms with Crippen LogP contribution in [0.5, 0.6) is 11.5 Å². The van der Waals surface area contributed by atoms with Gasteiger partial charge in [0.15, 0.2) is 47.7 Å². The van der Waals surface area contributed by atoms with Gasteiger partial charge in [-0.3, -0.25) is 23.0 Å². The number of imidazole rings is 2. The highest BCUT2D eigenvalue weighted by atomic mass is 32.7. The van der Waals surface area contributed by atoms with Crippen molar-refractivity contribution in [2.24, 2.45) is 0 Å². The SMILES string of the molecule is [B-][P@]1(=O)OC[C@H]2O[C@@H](n3cnc4c(N)ncnc43)[C@H](F)[C@@H]2O[P@@](=O)(SCc2ccc(OC(=O)c3ccc(OCCn4nnc5c4-c4ccccc4N(C(=O)CCC)Cc4ccccc4-5)cc3)cc2)OC[C@H]2O[C@@H](n3cnc4c(N)ncnc43)[C@H](F)[C@@H]2O1. The lowest BCUT2D eigenvalue weighted by Gasteiger charge is -2.35. The van der Waals surface area contributed by atoms with Gasteiger partial charge < -0.3 is 56.5 Å². The molecule has 3 fully saturated rings. The Kier molecular flexibility index (Phi) is 15.9. The number of aromatic nitrogens is 11. The zero-order chi connectivity index (χ0) is 60.1. The third-order valence-corrected chi connectivity index (χ3v) is 19.6. The van der Waals surface area contributed by atoms with Crippen molar-refractivity contribution in [1.82, 2.24) is 54.0 Å². The molecule has 4 N–H and O–H groups in total. The molecule has 26 nitrogen and oxygen atoms in total. The minimum Gasteiger partial charge on any atom is -0.492 e. The van der Waals surface area contributed by atoms with E-state index in [2.05, 4.69) is 40.2 Å². The summed E-state index contributed by atoms with van der Waals surface area (Å²) < 4.78 is 114. The number of ether oxygens (including phenoxy) is 4. The number of alkyl halides is 2. The van der Waals surface area contributed by atoms with E-state index in [0.29, 0.717) is 54.3 Å². The molecule has 13 rings (SSSR count). The number of hydrogen-bond acceptors (Lipinski definition) is 23. The second-order valence-electron chi connectivity index (χ2n) is 20.5. The van der Waals surface area contributed by atoms with E-state index in [1.54, 1.807) is 41.1 Å². The normalized spacial score (nSPS) is 25.4. The molecule has 4 aliphatic rings. The molecule has 4 aliphatic heterocycles. The van der Waals surface area contributed by atoms with Crippen LogP contribution in [0.2, 0.25) is 0 Å². The molecule has 0 unspecified atom stereocenters. The Morgan fingerprint density at radius 2 is 1.36 bits per heavy atom. The predicted octanol–water partition coefficient (Wildman–Crippen LogP) is 8.31. The first-order valence-corrected chi connectivity index (χ1v) is 32.1. The molecule has 0 spiro atoms. The van der Waals surface area contributed by atoms with Crippen molar-refractivity contribution in [3.63, 3.8) is 0 Å². The number of nitrogens with two attached hydrogens (primary N) is 2. The van der Waals surface area contributed by atoms with Crippen LogP contribution < -0.4 is 25.8 Å². The molecule has 9 aromatic rings. The molecule has 3 radical (unpaired) electrons. The molecule has 0 aliphatic carbocycles. The highest BCUT2D eigenvalue weighted by molar-refractivity contribution is 8.54. The molecular formula is C55H51BF2N14O12P2S-. The van der Waals surface area contributed by atoms with Crippen molar-refractivity contribution >= 4 is 84.7 Å². The van der Waals surface area contributed by atoms with Crippen molar-refractivity contribution in [3.8, 4) is 34.0 Å². The summed E-state index contributed by atoms with van der Waals surface area (Å²) in [7, 11) is 1.33. The zero-order valence-electron chi connectivity index (χ0n) is 45.9. The van der Waals surface area contributed by atoms with Crippen LogP contribution in [0.3, 0.4) is 0 Å². The smallest absolute Gasteiger partial charge is 0.389 e. The van der Waals surface area contributed by atoms with E-state index >= 15 is 13.3 Å². The molecule has 0 bridgehead atoms. The Morgan fingerprint density at radius 3 is 2.02 bits per heavy atom. The lowest BCUT2D eigenvalue weighted by molar-refractivity contribution is -0.118. The summed E-state index contributed by atoms with van der Waals surface area (Å²) in [5.41, 5.74) is 18.1. The standard InChI is InChI=1S/C55H51BF2N14O12P2S/c1-2-7-40(73)69-22-32-8-3-4-9-35(32)43-46(36-10-5-6-11-37(36)69)72(68-67-43)20-21-77-33-18-14-31(15-19-33)55(74)80-34-16-12-30(13-17-34)25-87-86(76)79-24-39-47(41(57)53(82-39)70-28-65-44-49(59)61-26-63-51(44)70)83-85(56,75)78-23-38-48(84-86)42(58)54(81-38)71-29-66-45-50(60)62-27-64-52(45)71/h3-6,8-19,26-29,38-39,41-42,47-48,53-54H,2,7,20-25H2,1H3,(H2,59,61,63)(H2,60,62,64)/q-1/t38-,39-,41-,42-,47-,48-,53-,54-,85+,86+/m1/s1. The van der Waals surface area contributed by atoms with Crippen LogP contribution in [0.15, 0.2) is 122 Å². The number of hydrogen-bond donors (Lipinski definition) is 2. The summed E-state index contributed by atoms with van der Waals surface area (Å²) >= 11 is 0.658. The molecule has 1 amide bonds. The number of fused-ring (bicyclic) bond motifs is 9. The van der Waals surface area contributed by atoms with Crippen LogP contribution >= 0.6 is 25.7 Å². The first-order chi connectivity index (χ1) is 42.1. The number of amides is 1. The summed E-state index contributed by atoms with van der Waals surface area (Å²) in [6.45, 7) is -3.24. The van der Waals surface area contributed by atoms with E-state index in [1.165, 1.54) is 33.9 Å². The number of nitrogens with zero attached hydrogens (tertiary/aromatic N) is 12. The molecule has 10 atom stereocenters. The number of carbonyl (C=O) groups excluding carboxylic acids is 2. The number of para-hydroxylation sites is 1. The van der Waals surface area contributed by atoms with Crippen LogP contribution in [0.1, 0.15) is 53.7 Å². The first-order valence-electron chi connectivity index (χ1n) is 27.3. The quantitative estimate of drug-likeness (QED) is 0.0474. The van der Waals surface area contributed by atoms with Crippen LogP contribution in [-0.4, -0.2) is 130 Å². The van der Waals surface area contributed by atoms with E-state index < -0.39 is 82.7 Å². The highest BCUT2D eigenvalue weighted by Gasteiger charge is 2.54. The maximum absolute atomic E-state index is 17.0. The van der Waals surface area contributed by atoms with Gasteiger partial charge in [0.25, 0.3) is 0 Å². The fraction of sp³-hybridized carbons (Fsp3) is 0.309. The number of esters is 1. The predicted molar refractivity (Wildman–Crippen MR) is 311 cm³/mol. The lowest BCUT2D eigenvalue weighted by Crippen LogP contribution is -2.37. The summed E-state index contributed by atoms with van der Waals surface area (Å²) in [6.07, 6.45) is -8.07. The maximum Gasteiger partial charge on any atom is 0.389 e.